The van der Waals surface area contributed by atoms with E-state index in [1.54, 1.807) is 0 Å². The molecule has 0 aliphatic carbocycles. The fraction of sp³-hybridized carbons (Fsp3) is 0.800. The summed E-state index contributed by atoms with van der Waals surface area (Å²) < 4.78 is 0. The van der Waals surface area contributed by atoms with Crippen LogP contribution in [0.15, 0.2) is 5.16 Å². The Kier molecular flexibility index (Phi) is 4.26. The summed E-state index contributed by atoms with van der Waals surface area (Å²) >= 11 is 0. The first-order valence-corrected chi connectivity index (χ1v) is 2.54. The van der Waals surface area contributed by atoms with E-state index >= 15 is 0 Å². The van der Waals surface area contributed by atoms with E-state index in [0.717, 1.165) is 6.42 Å². The molecule has 0 atom stereocenters. The highest BCUT2D eigenvalue weighted by atomic mass is 16.6. The molecule has 3 heteroatoms. The Hall–Kier alpha value is -0.570. The number of hydrogen-bond donors (Lipinski definition) is 1. The number of nitrogens with zero attached hydrogens (tertiary/aromatic N) is 1. The van der Waals surface area contributed by atoms with Gasteiger partial charge in [0.1, 0.15) is 7.11 Å². The lowest BCUT2D eigenvalue weighted by atomic mass is 10.3. The minimum atomic E-state index is -0.00958. The van der Waals surface area contributed by atoms with Crippen LogP contribution in [0.1, 0.15) is 13.3 Å². The summed E-state index contributed by atoms with van der Waals surface area (Å²) in [7, 11) is 1.46. The van der Waals surface area contributed by atoms with Crippen molar-refractivity contribution in [3.8, 4) is 0 Å². The summed E-state index contributed by atoms with van der Waals surface area (Å²) in [6, 6.07) is 0. The van der Waals surface area contributed by atoms with Gasteiger partial charge in [0.25, 0.3) is 0 Å². The number of oxime groups is 1. The summed E-state index contributed by atoms with van der Waals surface area (Å²) in [6.07, 6.45) is 0.740. The van der Waals surface area contributed by atoms with Crippen LogP contribution in [0.5, 0.6) is 0 Å². The number of aliphatic hydroxyl groups is 1. The summed E-state index contributed by atoms with van der Waals surface area (Å²) in [6.45, 7) is 1.90. The SMILES string of the molecule is CCC(CO)=NOC. The molecular formula is C5H11NO2. The molecule has 0 aromatic carbocycles. The van der Waals surface area contributed by atoms with Gasteiger partial charge in [0, 0.05) is 0 Å². The van der Waals surface area contributed by atoms with E-state index in [1.165, 1.54) is 7.11 Å². The Labute approximate surface area is 49.0 Å². The zero-order valence-corrected chi connectivity index (χ0v) is 5.22. The fourth-order valence-electron chi connectivity index (χ4n) is 0.334. The zero-order valence-electron chi connectivity index (χ0n) is 5.22. The highest BCUT2D eigenvalue weighted by molar-refractivity contribution is 5.84. The molecule has 0 amide bonds. The van der Waals surface area contributed by atoms with E-state index < -0.39 is 0 Å². The van der Waals surface area contributed by atoms with Gasteiger partial charge >= 0.3 is 0 Å². The number of aliphatic hydroxyl groups excluding tert-OH is 1. The topological polar surface area (TPSA) is 41.8 Å². The second kappa shape index (κ2) is 4.59. The minimum absolute atomic E-state index is 0.00958. The van der Waals surface area contributed by atoms with Crippen molar-refractivity contribution in [2.24, 2.45) is 5.16 Å². The van der Waals surface area contributed by atoms with Crippen molar-refractivity contribution in [3.63, 3.8) is 0 Å². The lowest BCUT2D eigenvalue weighted by molar-refractivity contribution is 0.208. The van der Waals surface area contributed by atoms with Crippen molar-refractivity contribution in [2.75, 3.05) is 13.7 Å². The maximum Gasteiger partial charge on any atom is 0.106 e. The summed E-state index contributed by atoms with van der Waals surface area (Å²) in [5.41, 5.74) is 0.674. The molecule has 0 fully saturated rings. The molecule has 0 rings (SSSR count). The maximum absolute atomic E-state index is 8.45. The molecule has 0 saturated heterocycles. The molecule has 0 spiro atoms. The second-order valence-electron chi connectivity index (χ2n) is 1.35. The molecule has 8 heavy (non-hydrogen) atoms. The zero-order chi connectivity index (χ0) is 6.41. The molecule has 0 bridgehead atoms. The van der Waals surface area contributed by atoms with E-state index in [-0.39, 0.29) is 6.61 Å². The highest BCUT2D eigenvalue weighted by Crippen LogP contribution is 1.83. The summed E-state index contributed by atoms with van der Waals surface area (Å²) in [5, 5.41) is 12.0. The quantitative estimate of drug-likeness (QED) is 0.429. The third-order valence-electron chi connectivity index (χ3n) is 0.811. The van der Waals surface area contributed by atoms with Crippen molar-refractivity contribution in [3.05, 3.63) is 0 Å². The van der Waals surface area contributed by atoms with Crippen LogP contribution in [0, 0.1) is 0 Å². The van der Waals surface area contributed by atoms with E-state index in [0.29, 0.717) is 5.71 Å². The average molecular weight is 117 g/mol. The van der Waals surface area contributed by atoms with Crippen LogP contribution in [0.3, 0.4) is 0 Å². The van der Waals surface area contributed by atoms with Gasteiger partial charge in [0.15, 0.2) is 0 Å². The molecule has 0 aromatic rings. The van der Waals surface area contributed by atoms with Gasteiger partial charge < -0.3 is 9.94 Å². The smallest absolute Gasteiger partial charge is 0.106 e. The van der Waals surface area contributed by atoms with Crippen molar-refractivity contribution in [1.82, 2.24) is 0 Å². The van der Waals surface area contributed by atoms with Crippen molar-refractivity contribution < 1.29 is 9.94 Å². The molecule has 0 aliphatic heterocycles. The molecule has 0 aromatic heterocycles. The molecular weight excluding hydrogens is 106 g/mol. The molecule has 1 N–H and O–H groups in total. The van der Waals surface area contributed by atoms with Gasteiger partial charge in [-0.15, -0.1) is 0 Å². The Morgan fingerprint density at radius 1 is 1.75 bits per heavy atom. The van der Waals surface area contributed by atoms with Gasteiger partial charge in [0.05, 0.1) is 12.3 Å². The van der Waals surface area contributed by atoms with Gasteiger partial charge in [-0.2, -0.15) is 0 Å². The molecule has 0 heterocycles. The van der Waals surface area contributed by atoms with Crippen molar-refractivity contribution in [2.45, 2.75) is 13.3 Å². The maximum atomic E-state index is 8.45. The van der Waals surface area contributed by atoms with Crippen LogP contribution < -0.4 is 0 Å². The Morgan fingerprint density at radius 3 is 2.50 bits per heavy atom. The normalized spacial score (nSPS) is 11.6. The molecule has 48 valence electrons. The van der Waals surface area contributed by atoms with E-state index in [2.05, 4.69) is 9.99 Å². The first-order valence-electron chi connectivity index (χ1n) is 2.54. The molecule has 0 aliphatic rings. The van der Waals surface area contributed by atoms with Crippen LogP contribution >= 0.6 is 0 Å². The third-order valence-corrected chi connectivity index (χ3v) is 0.811. The lowest BCUT2D eigenvalue weighted by Gasteiger charge is -1.93. The van der Waals surface area contributed by atoms with Crippen molar-refractivity contribution in [1.29, 1.82) is 0 Å². The highest BCUT2D eigenvalue weighted by Gasteiger charge is 1.89. The summed E-state index contributed by atoms with van der Waals surface area (Å²) in [5.74, 6) is 0. The van der Waals surface area contributed by atoms with Crippen molar-refractivity contribution >= 4 is 5.71 Å². The second-order valence-corrected chi connectivity index (χ2v) is 1.35. The minimum Gasteiger partial charge on any atom is -0.399 e. The standard InChI is InChI=1S/C5H11NO2/c1-3-5(4-7)6-8-2/h7H,3-4H2,1-2H3. The Morgan fingerprint density at radius 2 is 2.38 bits per heavy atom. The number of hydrogen-bond acceptors (Lipinski definition) is 3. The predicted octanol–water partition coefficient (Wildman–Crippen LogP) is 0.391. The van der Waals surface area contributed by atoms with Crippen LogP contribution in [0.4, 0.5) is 0 Å². The summed E-state index contributed by atoms with van der Waals surface area (Å²) in [4.78, 5) is 4.41. The van der Waals surface area contributed by atoms with Gasteiger partial charge in [-0.05, 0) is 6.42 Å². The number of rotatable bonds is 3. The molecule has 3 nitrogen and oxygen atoms in total. The van der Waals surface area contributed by atoms with Crippen LogP contribution in [0.2, 0.25) is 0 Å². The van der Waals surface area contributed by atoms with Crippen LogP contribution in [-0.4, -0.2) is 24.5 Å². The van der Waals surface area contributed by atoms with Gasteiger partial charge in [-0.25, -0.2) is 0 Å². The van der Waals surface area contributed by atoms with Crippen LogP contribution in [0.25, 0.3) is 0 Å². The largest absolute Gasteiger partial charge is 0.399 e. The van der Waals surface area contributed by atoms with E-state index in [9.17, 15) is 0 Å². The first kappa shape index (κ1) is 7.43. The van der Waals surface area contributed by atoms with Gasteiger partial charge in [0.2, 0.25) is 0 Å². The Bertz CT molecular complexity index is 74.5. The van der Waals surface area contributed by atoms with Gasteiger partial charge in [-0.3, -0.25) is 0 Å². The Balaban J connectivity index is 3.49. The van der Waals surface area contributed by atoms with E-state index in [1.807, 2.05) is 6.92 Å². The van der Waals surface area contributed by atoms with Crippen LogP contribution in [-0.2, 0) is 4.84 Å². The van der Waals surface area contributed by atoms with Gasteiger partial charge in [-0.1, -0.05) is 12.1 Å². The molecule has 0 saturated carbocycles. The predicted molar refractivity (Wildman–Crippen MR) is 31.8 cm³/mol. The fourth-order valence-corrected chi connectivity index (χ4v) is 0.334. The molecule has 0 radical (unpaired) electrons. The monoisotopic (exact) mass is 117 g/mol. The molecule has 0 unspecified atom stereocenters. The van der Waals surface area contributed by atoms with E-state index in [4.69, 9.17) is 5.11 Å². The first-order chi connectivity index (χ1) is 3.85. The lowest BCUT2D eigenvalue weighted by Crippen LogP contribution is -2.01. The third kappa shape index (κ3) is 2.58. The average Bonchev–Trinajstić information content (AvgIpc) is 1.83.